The van der Waals surface area contributed by atoms with Gasteiger partial charge in [0.15, 0.2) is 5.11 Å². The summed E-state index contributed by atoms with van der Waals surface area (Å²) < 4.78 is 0. The number of hydrogen-bond acceptors (Lipinski definition) is 4. The molecule has 5 nitrogen and oxygen atoms in total. The highest BCUT2D eigenvalue weighted by Gasteiger charge is 2.23. The largest absolute Gasteiger partial charge is 0.360 e. The number of nitrogens with one attached hydrogen (secondary N) is 2. The molecule has 0 saturated carbocycles. The SMILES string of the molecule is Cc1cc(N2C[C@H](C)C[C@H](C)C2)nc(NC(=S)NC(C)C)n1. The van der Waals surface area contributed by atoms with Crippen molar-refractivity contribution >= 4 is 29.1 Å². The van der Waals surface area contributed by atoms with Gasteiger partial charge in [-0.15, -0.1) is 0 Å². The second kappa shape index (κ2) is 7.22. The van der Waals surface area contributed by atoms with Crippen LogP contribution in [0.3, 0.4) is 0 Å². The molecule has 6 heteroatoms. The fourth-order valence-electron chi connectivity index (χ4n) is 3.02. The van der Waals surface area contributed by atoms with Crippen molar-refractivity contribution in [2.45, 2.75) is 47.1 Å². The molecule has 2 atom stereocenters. The lowest BCUT2D eigenvalue weighted by Gasteiger charge is -2.36. The molecule has 1 aromatic rings. The highest BCUT2D eigenvalue weighted by atomic mass is 32.1. The first-order valence-corrected chi connectivity index (χ1v) is 8.42. The molecular formula is C16H27N5S. The average molecular weight is 321 g/mol. The molecule has 0 spiro atoms. The zero-order valence-electron chi connectivity index (χ0n) is 14.2. The van der Waals surface area contributed by atoms with Gasteiger partial charge < -0.3 is 15.5 Å². The zero-order chi connectivity index (χ0) is 16.3. The second-order valence-corrected chi connectivity index (χ2v) is 7.20. The van der Waals surface area contributed by atoms with Crippen LogP contribution >= 0.6 is 12.2 Å². The van der Waals surface area contributed by atoms with E-state index in [1.165, 1.54) is 6.42 Å². The van der Waals surface area contributed by atoms with E-state index in [9.17, 15) is 0 Å². The van der Waals surface area contributed by atoms with Crippen molar-refractivity contribution in [2.24, 2.45) is 11.8 Å². The van der Waals surface area contributed by atoms with Crippen molar-refractivity contribution in [1.82, 2.24) is 15.3 Å². The summed E-state index contributed by atoms with van der Waals surface area (Å²) in [7, 11) is 0. The molecule has 1 aliphatic rings. The summed E-state index contributed by atoms with van der Waals surface area (Å²) in [6.45, 7) is 12.8. The number of nitrogens with zero attached hydrogens (tertiary/aromatic N) is 3. The molecule has 2 N–H and O–H groups in total. The molecule has 0 unspecified atom stereocenters. The number of aryl methyl sites for hydroxylation is 1. The minimum atomic E-state index is 0.285. The van der Waals surface area contributed by atoms with Crippen LogP contribution in [0.2, 0.25) is 0 Å². The van der Waals surface area contributed by atoms with Gasteiger partial charge in [0.1, 0.15) is 5.82 Å². The topological polar surface area (TPSA) is 53.1 Å². The van der Waals surface area contributed by atoms with E-state index in [1.807, 2.05) is 20.8 Å². The van der Waals surface area contributed by atoms with Crippen molar-refractivity contribution in [3.8, 4) is 0 Å². The van der Waals surface area contributed by atoms with E-state index in [0.717, 1.165) is 24.6 Å². The highest BCUT2D eigenvalue weighted by molar-refractivity contribution is 7.80. The summed E-state index contributed by atoms with van der Waals surface area (Å²) in [5, 5.41) is 6.80. The zero-order valence-corrected chi connectivity index (χ0v) is 15.0. The minimum Gasteiger partial charge on any atom is -0.360 e. The number of anilines is 2. The Morgan fingerprint density at radius 2 is 1.91 bits per heavy atom. The smallest absolute Gasteiger partial charge is 0.231 e. The molecule has 0 radical (unpaired) electrons. The van der Waals surface area contributed by atoms with Crippen LogP contribution in [0, 0.1) is 18.8 Å². The van der Waals surface area contributed by atoms with E-state index in [0.29, 0.717) is 22.9 Å². The predicted octanol–water partition coefficient (Wildman–Crippen LogP) is 2.96. The molecule has 122 valence electrons. The number of rotatable bonds is 3. The van der Waals surface area contributed by atoms with Gasteiger partial charge in [0.25, 0.3) is 0 Å². The Morgan fingerprint density at radius 3 is 2.50 bits per heavy atom. The number of aromatic nitrogens is 2. The van der Waals surface area contributed by atoms with E-state index < -0.39 is 0 Å². The fraction of sp³-hybridized carbons (Fsp3) is 0.688. The summed E-state index contributed by atoms with van der Waals surface area (Å²) in [6.07, 6.45) is 1.29. The summed E-state index contributed by atoms with van der Waals surface area (Å²) in [5.74, 6) is 2.94. The Hall–Kier alpha value is -1.43. The fourth-order valence-corrected chi connectivity index (χ4v) is 3.35. The van der Waals surface area contributed by atoms with Gasteiger partial charge in [0.2, 0.25) is 5.95 Å². The van der Waals surface area contributed by atoms with Crippen molar-refractivity contribution in [1.29, 1.82) is 0 Å². The lowest BCUT2D eigenvalue weighted by molar-refractivity contribution is 0.355. The maximum absolute atomic E-state index is 5.28. The minimum absolute atomic E-state index is 0.285. The van der Waals surface area contributed by atoms with Crippen LogP contribution < -0.4 is 15.5 Å². The van der Waals surface area contributed by atoms with Crippen LogP contribution in [-0.2, 0) is 0 Å². The molecule has 2 rings (SSSR count). The Balaban J connectivity index is 2.14. The van der Waals surface area contributed by atoms with Crippen LogP contribution in [-0.4, -0.2) is 34.2 Å². The third-order valence-electron chi connectivity index (χ3n) is 3.68. The molecule has 0 aliphatic carbocycles. The summed E-state index contributed by atoms with van der Waals surface area (Å²) >= 11 is 5.28. The van der Waals surface area contributed by atoms with Gasteiger partial charge in [-0.1, -0.05) is 13.8 Å². The maximum atomic E-state index is 5.28. The number of hydrogen-bond donors (Lipinski definition) is 2. The molecule has 1 aromatic heterocycles. The van der Waals surface area contributed by atoms with E-state index in [-0.39, 0.29) is 6.04 Å². The quantitative estimate of drug-likeness (QED) is 0.835. The van der Waals surface area contributed by atoms with Crippen molar-refractivity contribution in [3.05, 3.63) is 11.8 Å². The first-order chi connectivity index (χ1) is 10.3. The van der Waals surface area contributed by atoms with Gasteiger partial charge in [-0.25, -0.2) is 4.98 Å². The van der Waals surface area contributed by atoms with Gasteiger partial charge in [0.05, 0.1) is 0 Å². The normalized spacial score (nSPS) is 21.8. The first-order valence-electron chi connectivity index (χ1n) is 8.01. The first kappa shape index (κ1) is 16.9. The lowest BCUT2D eigenvalue weighted by Crippen LogP contribution is -2.39. The van der Waals surface area contributed by atoms with Gasteiger partial charge in [-0.3, -0.25) is 0 Å². The van der Waals surface area contributed by atoms with E-state index >= 15 is 0 Å². The van der Waals surface area contributed by atoms with Crippen molar-refractivity contribution in [3.63, 3.8) is 0 Å². The number of piperidine rings is 1. The summed E-state index contributed by atoms with van der Waals surface area (Å²) in [4.78, 5) is 11.4. The van der Waals surface area contributed by atoms with Gasteiger partial charge in [-0.2, -0.15) is 4.98 Å². The van der Waals surface area contributed by atoms with Gasteiger partial charge >= 0.3 is 0 Å². The lowest BCUT2D eigenvalue weighted by atomic mass is 9.92. The molecule has 0 aromatic carbocycles. The van der Waals surface area contributed by atoms with E-state index in [1.54, 1.807) is 0 Å². The van der Waals surface area contributed by atoms with Crippen LogP contribution in [0.15, 0.2) is 6.07 Å². The Labute approximate surface area is 138 Å². The predicted molar refractivity (Wildman–Crippen MR) is 96.4 cm³/mol. The molecular weight excluding hydrogens is 294 g/mol. The van der Waals surface area contributed by atoms with Crippen molar-refractivity contribution < 1.29 is 0 Å². The van der Waals surface area contributed by atoms with Gasteiger partial charge in [0, 0.05) is 30.9 Å². The molecule has 1 fully saturated rings. The summed E-state index contributed by atoms with van der Waals surface area (Å²) in [6, 6.07) is 2.34. The molecule has 1 aliphatic heterocycles. The highest BCUT2D eigenvalue weighted by Crippen LogP contribution is 2.25. The Morgan fingerprint density at radius 1 is 1.27 bits per heavy atom. The molecule has 0 bridgehead atoms. The van der Waals surface area contributed by atoms with Crippen LogP contribution in [0.5, 0.6) is 0 Å². The van der Waals surface area contributed by atoms with Gasteiger partial charge in [-0.05, 0) is 51.2 Å². The third kappa shape index (κ3) is 4.80. The van der Waals surface area contributed by atoms with E-state index in [2.05, 4.69) is 45.4 Å². The molecule has 1 saturated heterocycles. The molecule has 2 heterocycles. The monoisotopic (exact) mass is 321 g/mol. The van der Waals surface area contributed by atoms with Crippen LogP contribution in [0.4, 0.5) is 11.8 Å². The number of thiocarbonyl (C=S) groups is 1. The second-order valence-electron chi connectivity index (χ2n) is 6.80. The molecule has 22 heavy (non-hydrogen) atoms. The maximum Gasteiger partial charge on any atom is 0.231 e. The Kier molecular flexibility index (Phi) is 5.56. The molecule has 0 amide bonds. The van der Waals surface area contributed by atoms with Crippen molar-refractivity contribution in [2.75, 3.05) is 23.3 Å². The Bertz CT molecular complexity index is 521. The summed E-state index contributed by atoms with van der Waals surface area (Å²) in [5.41, 5.74) is 0.950. The third-order valence-corrected chi connectivity index (χ3v) is 3.90. The van der Waals surface area contributed by atoms with Crippen LogP contribution in [0.1, 0.15) is 39.8 Å². The van der Waals surface area contributed by atoms with Crippen LogP contribution in [0.25, 0.3) is 0 Å². The van der Waals surface area contributed by atoms with E-state index in [4.69, 9.17) is 12.2 Å². The standard InChI is InChI=1S/C16H27N5S/c1-10(2)17-16(22)20-15-18-13(5)7-14(19-15)21-8-11(3)6-12(4)9-21/h7,10-12H,6,8-9H2,1-5H3,(H2,17,18,19,20,22)/t11-,12+. The average Bonchev–Trinajstić information content (AvgIpc) is 2.35.